The molecule has 2 amide bonds. The van der Waals surface area contributed by atoms with Crippen molar-refractivity contribution in [3.63, 3.8) is 0 Å². The van der Waals surface area contributed by atoms with Crippen molar-refractivity contribution in [2.24, 2.45) is 5.92 Å². The number of rotatable bonds is 3. The topological polar surface area (TPSA) is 71.1 Å². The van der Waals surface area contributed by atoms with Crippen LogP contribution in [0, 0.1) is 5.92 Å². The molecule has 0 aliphatic carbocycles. The normalized spacial score (nSPS) is 20.2. The highest BCUT2D eigenvalue weighted by Crippen LogP contribution is 2.30. The Hall–Kier alpha value is -1.99. The second-order valence-corrected chi connectivity index (χ2v) is 8.57. The highest BCUT2D eigenvalue weighted by atomic mass is 35.5. The van der Waals surface area contributed by atoms with E-state index in [1.807, 2.05) is 32.9 Å². The summed E-state index contributed by atoms with van der Waals surface area (Å²) >= 11 is 6.43. The van der Waals surface area contributed by atoms with Crippen molar-refractivity contribution in [3.8, 4) is 0 Å². The molecule has 2 heterocycles. The fraction of sp³-hybridized carbons (Fsp3) is 0.600. The summed E-state index contributed by atoms with van der Waals surface area (Å²) in [6.07, 6.45) is 0.241. The molecule has 154 valence electrons. The van der Waals surface area contributed by atoms with Gasteiger partial charge >= 0.3 is 6.09 Å². The first-order valence-electron chi connectivity index (χ1n) is 9.64. The van der Waals surface area contributed by atoms with Gasteiger partial charge in [0, 0.05) is 31.9 Å². The third kappa shape index (κ3) is 5.29. The first-order valence-corrected chi connectivity index (χ1v) is 10.0. The minimum atomic E-state index is -0.545. The molecule has 8 heteroatoms. The van der Waals surface area contributed by atoms with E-state index in [0.717, 1.165) is 18.8 Å². The van der Waals surface area contributed by atoms with Gasteiger partial charge in [-0.2, -0.15) is 0 Å². The van der Waals surface area contributed by atoms with Gasteiger partial charge in [-0.15, -0.1) is 0 Å². The average Bonchev–Trinajstić information content (AvgIpc) is 3.12. The van der Waals surface area contributed by atoms with E-state index in [4.69, 9.17) is 21.1 Å². The largest absolute Gasteiger partial charge is 0.444 e. The Morgan fingerprint density at radius 2 is 1.93 bits per heavy atom. The Morgan fingerprint density at radius 1 is 1.21 bits per heavy atom. The lowest BCUT2D eigenvalue weighted by molar-refractivity contribution is -0.119. The van der Waals surface area contributed by atoms with Gasteiger partial charge in [0.25, 0.3) is 0 Å². The number of ether oxygens (including phenoxy) is 2. The maximum Gasteiger partial charge on any atom is 0.410 e. The highest BCUT2D eigenvalue weighted by Gasteiger charge is 2.33. The maximum atomic E-state index is 12.6. The second kappa shape index (κ2) is 8.57. The number of carbonyl (C=O) groups excluding carboxylic acids is 2. The van der Waals surface area contributed by atoms with Crippen LogP contribution >= 0.6 is 11.6 Å². The molecular formula is C20H28ClN3O4. The molecule has 2 saturated heterocycles. The lowest BCUT2D eigenvalue weighted by Gasteiger charge is -2.29. The van der Waals surface area contributed by atoms with E-state index in [0.29, 0.717) is 43.4 Å². The molecule has 1 N–H and O–H groups in total. The first-order chi connectivity index (χ1) is 13.2. The van der Waals surface area contributed by atoms with Crippen LogP contribution in [0.2, 0.25) is 5.02 Å². The Balaban J connectivity index is 1.56. The van der Waals surface area contributed by atoms with Crippen LogP contribution < -0.4 is 10.2 Å². The summed E-state index contributed by atoms with van der Waals surface area (Å²) in [6, 6.07) is 5.55. The van der Waals surface area contributed by atoms with Crippen LogP contribution in [0.5, 0.6) is 0 Å². The van der Waals surface area contributed by atoms with Crippen molar-refractivity contribution >= 4 is 35.0 Å². The molecule has 1 atom stereocenters. The van der Waals surface area contributed by atoms with Gasteiger partial charge < -0.3 is 24.6 Å². The molecule has 2 fully saturated rings. The van der Waals surface area contributed by atoms with Gasteiger partial charge in [0.05, 0.1) is 29.8 Å². The van der Waals surface area contributed by atoms with Crippen molar-refractivity contribution < 1.29 is 19.1 Å². The number of likely N-dealkylation sites (tertiary alicyclic amines) is 1. The summed E-state index contributed by atoms with van der Waals surface area (Å²) in [5, 5.41) is 3.52. The number of anilines is 2. The van der Waals surface area contributed by atoms with Crippen molar-refractivity contribution in [1.82, 2.24) is 4.90 Å². The average molecular weight is 410 g/mol. The zero-order valence-electron chi connectivity index (χ0n) is 16.7. The molecule has 0 aromatic heterocycles. The van der Waals surface area contributed by atoms with Gasteiger partial charge in [0.1, 0.15) is 5.60 Å². The minimum absolute atomic E-state index is 0.110. The van der Waals surface area contributed by atoms with Gasteiger partial charge in [-0.05, 0) is 45.4 Å². The molecule has 0 radical (unpaired) electrons. The standard InChI is InChI=1S/C20H28ClN3O4/c1-20(2,3)28-19(26)24-7-6-14(13-24)18(25)22-15-4-5-17(16(21)12-15)23-8-10-27-11-9-23/h4-5,12,14H,6-11,13H2,1-3H3,(H,22,25)/t14-/m1/s1. The van der Waals surface area contributed by atoms with Crippen LogP contribution in [0.4, 0.5) is 16.2 Å². The molecule has 2 aliphatic rings. The molecule has 7 nitrogen and oxygen atoms in total. The number of nitrogens with one attached hydrogen (secondary N) is 1. The van der Waals surface area contributed by atoms with Crippen LogP contribution in [-0.2, 0) is 14.3 Å². The van der Waals surface area contributed by atoms with Gasteiger partial charge in [0.15, 0.2) is 0 Å². The molecular weight excluding hydrogens is 382 g/mol. The van der Waals surface area contributed by atoms with Gasteiger partial charge in [0.2, 0.25) is 5.91 Å². The molecule has 3 rings (SSSR count). The molecule has 28 heavy (non-hydrogen) atoms. The summed E-state index contributed by atoms with van der Waals surface area (Å²) in [4.78, 5) is 28.5. The fourth-order valence-corrected chi connectivity index (χ4v) is 3.66. The Morgan fingerprint density at radius 3 is 2.57 bits per heavy atom. The number of carbonyl (C=O) groups is 2. The van der Waals surface area contributed by atoms with Crippen LogP contribution in [-0.4, -0.2) is 61.9 Å². The summed E-state index contributed by atoms with van der Waals surface area (Å²) in [7, 11) is 0. The Bertz CT molecular complexity index is 729. The van der Waals surface area contributed by atoms with E-state index in [1.165, 1.54) is 0 Å². The maximum absolute atomic E-state index is 12.6. The van der Waals surface area contributed by atoms with Crippen molar-refractivity contribution in [3.05, 3.63) is 23.2 Å². The Labute approximate surface area is 170 Å². The number of hydrogen-bond donors (Lipinski definition) is 1. The van der Waals surface area contributed by atoms with Crippen LogP contribution in [0.1, 0.15) is 27.2 Å². The second-order valence-electron chi connectivity index (χ2n) is 8.17. The number of hydrogen-bond acceptors (Lipinski definition) is 5. The van der Waals surface area contributed by atoms with E-state index in [2.05, 4.69) is 10.2 Å². The van der Waals surface area contributed by atoms with Crippen molar-refractivity contribution in [2.75, 3.05) is 49.6 Å². The number of amides is 2. The van der Waals surface area contributed by atoms with Crippen molar-refractivity contribution in [1.29, 1.82) is 0 Å². The lowest BCUT2D eigenvalue weighted by atomic mass is 10.1. The summed E-state index contributed by atoms with van der Waals surface area (Å²) < 4.78 is 10.7. The van der Waals surface area contributed by atoms with E-state index in [1.54, 1.807) is 11.0 Å². The zero-order valence-corrected chi connectivity index (χ0v) is 17.4. The van der Waals surface area contributed by atoms with E-state index < -0.39 is 5.60 Å². The summed E-state index contributed by atoms with van der Waals surface area (Å²) in [6.45, 7) is 9.34. The van der Waals surface area contributed by atoms with Gasteiger partial charge in [-0.1, -0.05) is 11.6 Å². The lowest BCUT2D eigenvalue weighted by Crippen LogP contribution is -2.36. The zero-order chi connectivity index (χ0) is 20.3. The fourth-order valence-electron chi connectivity index (χ4n) is 3.36. The third-order valence-corrected chi connectivity index (χ3v) is 5.08. The van der Waals surface area contributed by atoms with E-state index in [9.17, 15) is 9.59 Å². The predicted octanol–water partition coefficient (Wildman–Crippen LogP) is 3.37. The quantitative estimate of drug-likeness (QED) is 0.828. The summed E-state index contributed by atoms with van der Waals surface area (Å²) in [5.41, 5.74) is 1.05. The molecule has 0 saturated carbocycles. The highest BCUT2D eigenvalue weighted by molar-refractivity contribution is 6.33. The van der Waals surface area contributed by atoms with Gasteiger partial charge in [-0.25, -0.2) is 4.79 Å². The number of morpholine rings is 1. The predicted molar refractivity (Wildman–Crippen MR) is 109 cm³/mol. The van der Waals surface area contributed by atoms with Crippen LogP contribution in [0.15, 0.2) is 18.2 Å². The van der Waals surface area contributed by atoms with Crippen LogP contribution in [0.3, 0.4) is 0 Å². The molecule has 2 aliphatic heterocycles. The molecule has 0 spiro atoms. The van der Waals surface area contributed by atoms with E-state index >= 15 is 0 Å². The van der Waals surface area contributed by atoms with Crippen LogP contribution in [0.25, 0.3) is 0 Å². The molecule has 0 bridgehead atoms. The molecule has 1 aromatic carbocycles. The van der Waals surface area contributed by atoms with Crippen molar-refractivity contribution in [2.45, 2.75) is 32.8 Å². The SMILES string of the molecule is CC(C)(C)OC(=O)N1CC[C@@H](C(=O)Nc2ccc(N3CCOCC3)c(Cl)c2)C1. The minimum Gasteiger partial charge on any atom is -0.444 e. The number of benzene rings is 1. The Kier molecular flexibility index (Phi) is 6.35. The third-order valence-electron chi connectivity index (χ3n) is 4.78. The molecule has 0 unspecified atom stereocenters. The van der Waals surface area contributed by atoms with Gasteiger partial charge in [-0.3, -0.25) is 4.79 Å². The molecule has 1 aromatic rings. The monoisotopic (exact) mass is 409 g/mol. The number of halogens is 1. The smallest absolute Gasteiger partial charge is 0.410 e. The first kappa shape index (κ1) is 20.7. The van der Waals surface area contributed by atoms with E-state index in [-0.39, 0.29) is 17.9 Å². The number of nitrogens with zero attached hydrogens (tertiary/aromatic N) is 2. The summed E-state index contributed by atoms with van der Waals surface area (Å²) in [5.74, 6) is -0.369.